The quantitative estimate of drug-likeness (QED) is 0.649. The second-order valence-corrected chi connectivity index (χ2v) is 5.06. The van der Waals surface area contributed by atoms with Crippen LogP contribution in [0.1, 0.15) is 32.6 Å². The number of nitrogens with one attached hydrogen (secondary N) is 2. The smallest absolute Gasteiger partial charge is 0.233 e. The van der Waals surface area contributed by atoms with Gasteiger partial charge in [0, 0.05) is 6.54 Å². The molecule has 0 spiro atoms. The van der Waals surface area contributed by atoms with Crippen molar-refractivity contribution < 1.29 is 4.79 Å². The van der Waals surface area contributed by atoms with Gasteiger partial charge in [0.2, 0.25) is 5.91 Å². The van der Waals surface area contributed by atoms with Gasteiger partial charge in [-0.05, 0) is 58.3 Å². The Morgan fingerprint density at radius 3 is 2.65 bits per heavy atom. The average molecular weight is 241 g/mol. The molecule has 1 amide bonds. The molecule has 1 fully saturated rings. The fourth-order valence-corrected chi connectivity index (χ4v) is 2.19. The summed E-state index contributed by atoms with van der Waals surface area (Å²) in [6, 6.07) is 0. The third-order valence-corrected chi connectivity index (χ3v) is 3.43. The third-order valence-electron chi connectivity index (χ3n) is 3.43. The van der Waals surface area contributed by atoms with Crippen molar-refractivity contribution in [3.05, 3.63) is 0 Å². The van der Waals surface area contributed by atoms with Crippen molar-refractivity contribution in [2.45, 2.75) is 32.6 Å². The predicted octanol–water partition coefficient (Wildman–Crippen LogP) is 0.834. The van der Waals surface area contributed by atoms with E-state index in [1.165, 1.54) is 32.4 Å². The van der Waals surface area contributed by atoms with E-state index in [9.17, 15) is 4.79 Å². The Bertz CT molecular complexity index is 213. The summed E-state index contributed by atoms with van der Waals surface area (Å²) in [6.07, 6.45) is 4.82. The molecule has 0 aliphatic carbocycles. The largest absolute Gasteiger partial charge is 0.355 e. The lowest BCUT2D eigenvalue weighted by molar-refractivity contribution is -0.120. The van der Waals surface area contributed by atoms with Crippen LogP contribution >= 0.6 is 0 Å². The van der Waals surface area contributed by atoms with E-state index in [2.05, 4.69) is 29.5 Å². The summed E-state index contributed by atoms with van der Waals surface area (Å²) in [7, 11) is 2.19. The summed E-state index contributed by atoms with van der Waals surface area (Å²) in [5.74, 6) is 0.965. The van der Waals surface area contributed by atoms with Gasteiger partial charge in [-0.3, -0.25) is 4.79 Å². The van der Waals surface area contributed by atoms with E-state index >= 15 is 0 Å². The number of piperidine rings is 1. The zero-order chi connectivity index (χ0) is 12.5. The highest BCUT2D eigenvalue weighted by Crippen LogP contribution is 2.18. The molecule has 0 aromatic heterocycles. The molecule has 0 aromatic rings. The molecule has 1 saturated heterocycles. The summed E-state index contributed by atoms with van der Waals surface area (Å²) >= 11 is 0. The van der Waals surface area contributed by atoms with Crippen molar-refractivity contribution in [3.63, 3.8) is 0 Å². The molecule has 2 N–H and O–H groups in total. The van der Waals surface area contributed by atoms with Gasteiger partial charge in [0.25, 0.3) is 0 Å². The Labute approximate surface area is 105 Å². The number of hydrogen-bond acceptors (Lipinski definition) is 3. The highest BCUT2D eigenvalue weighted by molar-refractivity contribution is 5.77. The highest BCUT2D eigenvalue weighted by atomic mass is 16.1. The zero-order valence-corrected chi connectivity index (χ0v) is 11.3. The van der Waals surface area contributed by atoms with E-state index in [1.807, 2.05) is 0 Å². The molecule has 0 atom stereocenters. The Kier molecular flexibility index (Phi) is 7.21. The molecule has 17 heavy (non-hydrogen) atoms. The van der Waals surface area contributed by atoms with Crippen LogP contribution in [-0.4, -0.2) is 50.6 Å². The monoisotopic (exact) mass is 241 g/mol. The van der Waals surface area contributed by atoms with Crippen molar-refractivity contribution in [1.82, 2.24) is 15.5 Å². The molecule has 1 heterocycles. The van der Waals surface area contributed by atoms with Crippen molar-refractivity contribution in [2.75, 3.05) is 39.8 Å². The molecule has 0 aromatic carbocycles. The van der Waals surface area contributed by atoms with E-state index in [1.54, 1.807) is 0 Å². The molecule has 1 aliphatic heterocycles. The minimum absolute atomic E-state index is 0.121. The van der Waals surface area contributed by atoms with E-state index in [-0.39, 0.29) is 5.91 Å². The molecule has 1 rings (SSSR count). The lowest BCUT2D eigenvalue weighted by Crippen LogP contribution is -2.36. The number of rotatable bonds is 7. The SMILES string of the molecule is CCCNC(=O)CNCCC1CCN(C)CC1. The van der Waals surface area contributed by atoms with Gasteiger partial charge in [0.1, 0.15) is 0 Å². The second kappa shape index (κ2) is 8.48. The Hall–Kier alpha value is -0.610. The van der Waals surface area contributed by atoms with Crippen LogP contribution in [0.4, 0.5) is 0 Å². The molecule has 0 bridgehead atoms. The first-order chi connectivity index (χ1) is 8.22. The number of carbonyl (C=O) groups is 1. The van der Waals surface area contributed by atoms with Crippen LogP contribution in [0.2, 0.25) is 0 Å². The van der Waals surface area contributed by atoms with E-state index in [0.717, 1.165) is 25.4 Å². The van der Waals surface area contributed by atoms with E-state index in [0.29, 0.717) is 6.54 Å². The fraction of sp³-hybridized carbons (Fsp3) is 0.923. The van der Waals surface area contributed by atoms with Crippen LogP contribution in [0.15, 0.2) is 0 Å². The molecule has 0 radical (unpaired) electrons. The molecule has 0 unspecified atom stereocenters. The molecular formula is C13H27N3O. The van der Waals surface area contributed by atoms with Crippen LogP contribution in [0, 0.1) is 5.92 Å². The van der Waals surface area contributed by atoms with Gasteiger partial charge in [0.05, 0.1) is 6.54 Å². The van der Waals surface area contributed by atoms with Gasteiger partial charge in [-0.25, -0.2) is 0 Å². The van der Waals surface area contributed by atoms with E-state index in [4.69, 9.17) is 0 Å². The lowest BCUT2D eigenvalue weighted by Gasteiger charge is -2.28. The zero-order valence-electron chi connectivity index (χ0n) is 11.3. The Morgan fingerprint density at radius 1 is 1.29 bits per heavy atom. The number of likely N-dealkylation sites (tertiary alicyclic amines) is 1. The van der Waals surface area contributed by atoms with Crippen LogP contribution in [0.5, 0.6) is 0 Å². The number of nitrogens with zero attached hydrogens (tertiary/aromatic N) is 1. The minimum Gasteiger partial charge on any atom is -0.355 e. The highest BCUT2D eigenvalue weighted by Gasteiger charge is 2.15. The van der Waals surface area contributed by atoms with Gasteiger partial charge in [-0.1, -0.05) is 6.92 Å². The Morgan fingerprint density at radius 2 is 2.00 bits per heavy atom. The maximum atomic E-state index is 11.3. The second-order valence-electron chi connectivity index (χ2n) is 5.06. The molecule has 4 heteroatoms. The first kappa shape index (κ1) is 14.5. The minimum atomic E-state index is 0.121. The maximum absolute atomic E-state index is 11.3. The first-order valence-corrected chi connectivity index (χ1v) is 6.88. The normalized spacial score (nSPS) is 18.2. The van der Waals surface area contributed by atoms with Crippen LogP contribution < -0.4 is 10.6 Å². The van der Waals surface area contributed by atoms with Crippen LogP contribution in [0.25, 0.3) is 0 Å². The molecule has 1 aliphatic rings. The summed E-state index contributed by atoms with van der Waals surface area (Å²) in [4.78, 5) is 13.7. The van der Waals surface area contributed by atoms with Gasteiger partial charge >= 0.3 is 0 Å². The van der Waals surface area contributed by atoms with Crippen molar-refractivity contribution in [3.8, 4) is 0 Å². The van der Waals surface area contributed by atoms with Crippen LogP contribution in [0.3, 0.4) is 0 Å². The number of hydrogen-bond donors (Lipinski definition) is 2. The summed E-state index contributed by atoms with van der Waals surface area (Å²) in [5.41, 5.74) is 0. The lowest BCUT2D eigenvalue weighted by atomic mass is 9.94. The van der Waals surface area contributed by atoms with Crippen LogP contribution in [-0.2, 0) is 4.79 Å². The maximum Gasteiger partial charge on any atom is 0.233 e. The molecule has 100 valence electrons. The summed E-state index contributed by atoms with van der Waals surface area (Å²) < 4.78 is 0. The van der Waals surface area contributed by atoms with Gasteiger partial charge in [0.15, 0.2) is 0 Å². The van der Waals surface area contributed by atoms with Crippen molar-refractivity contribution >= 4 is 5.91 Å². The fourth-order valence-electron chi connectivity index (χ4n) is 2.19. The van der Waals surface area contributed by atoms with Crippen molar-refractivity contribution in [1.29, 1.82) is 0 Å². The van der Waals surface area contributed by atoms with Gasteiger partial charge in [-0.2, -0.15) is 0 Å². The molecule has 0 saturated carbocycles. The first-order valence-electron chi connectivity index (χ1n) is 6.88. The van der Waals surface area contributed by atoms with E-state index < -0.39 is 0 Å². The Balaban J connectivity index is 1.95. The topological polar surface area (TPSA) is 44.4 Å². The number of carbonyl (C=O) groups excluding carboxylic acids is 1. The van der Waals surface area contributed by atoms with Gasteiger partial charge < -0.3 is 15.5 Å². The number of amides is 1. The molecular weight excluding hydrogens is 214 g/mol. The third kappa shape index (κ3) is 6.64. The standard InChI is InChI=1S/C13H27N3O/c1-3-7-15-13(17)11-14-8-4-12-5-9-16(2)10-6-12/h12,14H,3-11H2,1-2H3,(H,15,17). The summed E-state index contributed by atoms with van der Waals surface area (Å²) in [6.45, 7) is 6.73. The average Bonchev–Trinajstić information content (AvgIpc) is 2.34. The van der Waals surface area contributed by atoms with Gasteiger partial charge in [-0.15, -0.1) is 0 Å². The van der Waals surface area contributed by atoms with Crippen molar-refractivity contribution in [2.24, 2.45) is 5.92 Å². The summed E-state index contributed by atoms with van der Waals surface area (Å²) in [5, 5.41) is 6.10. The molecule has 4 nitrogen and oxygen atoms in total. The predicted molar refractivity (Wildman–Crippen MR) is 71.0 cm³/mol.